The average molecular weight is 470 g/mol. The van der Waals surface area contributed by atoms with Gasteiger partial charge in [0.15, 0.2) is 0 Å². The summed E-state index contributed by atoms with van der Waals surface area (Å²) in [6, 6.07) is 24.8. The van der Waals surface area contributed by atoms with Gasteiger partial charge >= 0.3 is 0 Å². The summed E-state index contributed by atoms with van der Waals surface area (Å²) in [6.45, 7) is 5.58. The average Bonchev–Trinajstić information content (AvgIpc) is 3.33. The molecule has 0 fully saturated rings. The van der Waals surface area contributed by atoms with Crippen molar-refractivity contribution < 1.29 is 9.47 Å². The number of nitrogens with one attached hydrogen (secondary N) is 1. The van der Waals surface area contributed by atoms with Crippen molar-refractivity contribution in [3.63, 3.8) is 0 Å². The van der Waals surface area contributed by atoms with Crippen LogP contribution in [-0.2, 0) is 6.42 Å². The third-order valence-electron chi connectivity index (χ3n) is 6.30. The zero-order valence-corrected chi connectivity index (χ0v) is 21.0. The fourth-order valence-corrected chi connectivity index (χ4v) is 4.41. The predicted molar refractivity (Wildman–Crippen MR) is 145 cm³/mol. The monoisotopic (exact) mass is 469 g/mol. The molecule has 182 valence electrons. The first-order chi connectivity index (χ1) is 17.2. The molecule has 0 saturated heterocycles. The molecule has 0 saturated carbocycles. The van der Waals surface area contributed by atoms with Gasteiger partial charge in [0.1, 0.15) is 11.5 Å². The second-order valence-electron chi connectivity index (χ2n) is 8.70. The number of hydrogen-bond acceptors (Lipinski definition) is 5. The Morgan fingerprint density at radius 3 is 2.43 bits per heavy atom. The summed E-state index contributed by atoms with van der Waals surface area (Å²) < 4.78 is 11.1. The molecule has 1 aliphatic heterocycles. The molecule has 3 aromatic rings. The molecule has 0 bridgehead atoms. The van der Waals surface area contributed by atoms with E-state index in [0.717, 1.165) is 47.0 Å². The van der Waals surface area contributed by atoms with Crippen molar-refractivity contribution in [1.82, 2.24) is 0 Å². The smallest absolute Gasteiger partial charge is 0.119 e. The van der Waals surface area contributed by atoms with Crippen LogP contribution in [-0.4, -0.2) is 31.7 Å². The highest BCUT2D eigenvalue weighted by atomic mass is 16.5. The molecule has 35 heavy (non-hydrogen) atoms. The first kappa shape index (κ1) is 24.5. The molecule has 0 aromatic heterocycles. The molecule has 1 atom stereocenters. The molecule has 5 nitrogen and oxygen atoms in total. The van der Waals surface area contributed by atoms with Crippen molar-refractivity contribution in [3.05, 3.63) is 89.5 Å². The van der Waals surface area contributed by atoms with E-state index in [1.807, 2.05) is 43.3 Å². The van der Waals surface area contributed by atoms with Gasteiger partial charge in [-0.15, -0.1) is 0 Å². The molecule has 0 radical (unpaired) electrons. The second kappa shape index (κ2) is 12.2. The van der Waals surface area contributed by atoms with Gasteiger partial charge in [-0.3, -0.25) is 10.4 Å². The molecule has 0 spiro atoms. The van der Waals surface area contributed by atoms with E-state index in [0.29, 0.717) is 13.2 Å². The molecular formula is C30H35N3O2. The van der Waals surface area contributed by atoms with Crippen molar-refractivity contribution in [3.8, 4) is 11.5 Å². The summed E-state index contributed by atoms with van der Waals surface area (Å²) in [5.41, 5.74) is 9.78. The van der Waals surface area contributed by atoms with E-state index in [-0.39, 0.29) is 5.92 Å². The Labute approximate surface area is 208 Å². The number of hydrogen-bond donors (Lipinski definition) is 1. The lowest BCUT2D eigenvalue weighted by atomic mass is 9.92. The maximum Gasteiger partial charge on any atom is 0.119 e. The summed E-state index contributed by atoms with van der Waals surface area (Å²) in [4.78, 5) is 4.92. The van der Waals surface area contributed by atoms with E-state index in [4.69, 9.17) is 19.6 Å². The van der Waals surface area contributed by atoms with Crippen LogP contribution in [0.15, 0.2) is 82.9 Å². The third-order valence-corrected chi connectivity index (χ3v) is 6.30. The Hall–Kier alpha value is -3.60. The first-order valence-corrected chi connectivity index (χ1v) is 12.6. The molecule has 1 N–H and O–H groups in total. The van der Waals surface area contributed by atoms with Gasteiger partial charge in [0.05, 0.1) is 37.4 Å². The minimum Gasteiger partial charge on any atom is -0.497 e. The zero-order valence-electron chi connectivity index (χ0n) is 21.0. The molecule has 1 unspecified atom stereocenters. The standard InChI is InChI=1S/C30H35N3O2/c1-4-6-8-13-24-20-26(35-5-2)18-19-28(24)32-33-30-27(22-11-9-7-10-12-22)21-31-29(30)23-14-16-25(34-3)17-15-23/h7,9-12,14-20,27,32H,4-6,8,13,21H2,1-3H3. The Morgan fingerprint density at radius 2 is 1.71 bits per heavy atom. The molecule has 1 heterocycles. The van der Waals surface area contributed by atoms with Gasteiger partial charge in [-0.1, -0.05) is 50.1 Å². The highest BCUT2D eigenvalue weighted by Gasteiger charge is 2.29. The number of ether oxygens (including phenoxy) is 2. The van der Waals surface area contributed by atoms with Crippen LogP contribution in [0.2, 0.25) is 0 Å². The van der Waals surface area contributed by atoms with Crippen molar-refractivity contribution in [2.75, 3.05) is 25.7 Å². The van der Waals surface area contributed by atoms with Gasteiger partial charge in [0.2, 0.25) is 0 Å². The number of anilines is 1. The Balaban J connectivity index is 1.66. The molecule has 3 aromatic carbocycles. The fraction of sp³-hybridized carbons (Fsp3) is 0.333. The first-order valence-electron chi connectivity index (χ1n) is 12.6. The van der Waals surface area contributed by atoms with E-state index in [1.54, 1.807) is 7.11 Å². The van der Waals surface area contributed by atoms with Crippen LogP contribution >= 0.6 is 0 Å². The van der Waals surface area contributed by atoms with E-state index >= 15 is 0 Å². The SMILES string of the molecule is CCCCCc1cc(OCC)ccc1NN=C1C(c2ccc(OC)cc2)=NCC1c1ccccc1. The van der Waals surface area contributed by atoms with Gasteiger partial charge in [0.25, 0.3) is 0 Å². The molecule has 4 rings (SSSR count). The Kier molecular flexibility index (Phi) is 8.55. The summed E-state index contributed by atoms with van der Waals surface area (Å²) in [5, 5.41) is 4.98. The quantitative estimate of drug-likeness (QED) is 0.246. The lowest BCUT2D eigenvalue weighted by Gasteiger charge is -2.16. The molecule has 1 aliphatic rings. The fourth-order valence-electron chi connectivity index (χ4n) is 4.41. The number of nitrogens with zero attached hydrogens (tertiary/aromatic N) is 2. The van der Waals surface area contributed by atoms with Crippen LogP contribution in [0.4, 0.5) is 5.69 Å². The topological polar surface area (TPSA) is 55.2 Å². The maximum atomic E-state index is 5.76. The number of methoxy groups -OCH3 is 1. The molecular weight excluding hydrogens is 434 g/mol. The largest absolute Gasteiger partial charge is 0.497 e. The zero-order chi connectivity index (χ0) is 24.5. The number of unbranched alkanes of at least 4 members (excludes halogenated alkanes) is 2. The van der Waals surface area contributed by atoms with E-state index in [9.17, 15) is 0 Å². The maximum absolute atomic E-state index is 5.76. The lowest BCUT2D eigenvalue weighted by molar-refractivity contribution is 0.340. The second-order valence-corrected chi connectivity index (χ2v) is 8.70. The number of aliphatic imine (C=N–C) groups is 1. The Bertz CT molecular complexity index is 1150. The molecule has 5 heteroatoms. The summed E-state index contributed by atoms with van der Waals surface area (Å²) in [5.74, 6) is 1.84. The normalized spacial score (nSPS) is 16.3. The highest BCUT2D eigenvalue weighted by molar-refractivity contribution is 6.51. The van der Waals surface area contributed by atoms with E-state index in [1.165, 1.54) is 24.0 Å². The number of benzene rings is 3. The van der Waals surface area contributed by atoms with Crippen LogP contribution in [0.25, 0.3) is 0 Å². The minimum absolute atomic E-state index is 0.104. The van der Waals surface area contributed by atoms with Crippen molar-refractivity contribution >= 4 is 17.1 Å². The van der Waals surface area contributed by atoms with Gasteiger partial charge in [-0.25, -0.2) is 0 Å². The minimum atomic E-state index is 0.104. The Morgan fingerprint density at radius 1 is 0.943 bits per heavy atom. The number of aryl methyl sites for hydroxylation is 1. The summed E-state index contributed by atoms with van der Waals surface area (Å²) in [7, 11) is 1.68. The van der Waals surface area contributed by atoms with E-state index in [2.05, 4.69) is 48.7 Å². The highest BCUT2D eigenvalue weighted by Crippen LogP contribution is 2.29. The van der Waals surface area contributed by atoms with Crippen molar-refractivity contribution in [2.24, 2.45) is 10.1 Å². The lowest BCUT2D eigenvalue weighted by Crippen LogP contribution is -2.20. The predicted octanol–water partition coefficient (Wildman–Crippen LogP) is 6.88. The van der Waals surface area contributed by atoms with Crippen molar-refractivity contribution in [1.29, 1.82) is 0 Å². The van der Waals surface area contributed by atoms with Crippen molar-refractivity contribution in [2.45, 2.75) is 45.4 Å². The van der Waals surface area contributed by atoms with Crippen LogP contribution in [0.1, 0.15) is 55.7 Å². The van der Waals surface area contributed by atoms with Gasteiger partial charge < -0.3 is 9.47 Å². The van der Waals surface area contributed by atoms with Crippen LogP contribution in [0.5, 0.6) is 11.5 Å². The van der Waals surface area contributed by atoms with Gasteiger partial charge in [-0.05, 0) is 73.4 Å². The third kappa shape index (κ3) is 6.10. The summed E-state index contributed by atoms with van der Waals surface area (Å²) >= 11 is 0. The van der Waals surface area contributed by atoms with Gasteiger partial charge in [0, 0.05) is 11.5 Å². The number of rotatable bonds is 11. The summed E-state index contributed by atoms with van der Waals surface area (Å²) in [6.07, 6.45) is 4.53. The van der Waals surface area contributed by atoms with Gasteiger partial charge in [-0.2, -0.15) is 5.10 Å². The van der Waals surface area contributed by atoms with E-state index < -0.39 is 0 Å². The molecule has 0 amide bonds. The molecule has 0 aliphatic carbocycles. The van der Waals surface area contributed by atoms with Crippen LogP contribution < -0.4 is 14.9 Å². The van der Waals surface area contributed by atoms with Crippen LogP contribution in [0, 0.1) is 0 Å². The number of hydrazone groups is 1. The van der Waals surface area contributed by atoms with Crippen LogP contribution in [0.3, 0.4) is 0 Å².